The number of benzene rings is 1. The molecule has 8 nitrogen and oxygen atoms in total. The van der Waals surface area contributed by atoms with E-state index in [0.717, 1.165) is 5.56 Å². The van der Waals surface area contributed by atoms with E-state index in [4.69, 9.17) is 0 Å². The van der Waals surface area contributed by atoms with Gasteiger partial charge in [-0.2, -0.15) is 5.10 Å². The van der Waals surface area contributed by atoms with Crippen LogP contribution in [0, 0.1) is 5.82 Å². The van der Waals surface area contributed by atoms with E-state index < -0.39 is 18.0 Å². The first-order valence-electron chi connectivity index (χ1n) is 7.69. The number of aromatic nitrogens is 2. The number of hydrogen-bond donors (Lipinski definition) is 3. The molecule has 1 aromatic heterocycles. The van der Waals surface area contributed by atoms with Gasteiger partial charge in [-0.1, -0.05) is 6.07 Å². The first-order chi connectivity index (χ1) is 12.0. The summed E-state index contributed by atoms with van der Waals surface area (Å²) in [4.78, 5) is 34.2. The molecule has 1 aliphatic heterocycles. The van der Waals surface area contributed by atoms with Crippen LogP contribution in [0.4, 0.5) is 9.18 Å². The van der Waals surface area contributed by atoms with Gasteiger partial charge in [0, 0.05) is 24.7 Å². The lowest BCUT2D eigenvalue weighted by Crippen LogP contribution is -2.31. The molecule has 1 atom stereocenters. The molecule has 25 heavy (non-hydrogen) atoms. The second-order valence-corrected chi connectivity index (χ2v) is 5.60. The zero-order valence-corrected chi connectivity index (χ0v) is 13.2. The predicted octanol–water partition coefficient (Wildman–Crippen LogP) is 0.616. The van der Waals surface area contributed by atoms with E-state index in [2.05, 4.69) is 21.0 Å². The molecular weight excluding hydrogens is 329 g/mol. The number of carbonyl (C=O) groups excluding carboxylic acids is 3. The Bertz CT molecular complexity index is 820. The molecule has 2 heterocycles. The van der Waals surface area contributed by atoms with Crippen LogP contribution in [0.5, 0.6) is 0 Å². The minimum Gasteiger partial charge on any atom is -0.352 e. The lowest BCUT2D eigenvalue weighted by Gasteiger charge is -2.07. The van der Waals surface area contributed by atoms with Gasteiger partial charge in [-0.3, -0.25) is 14.9 Å². The maximum absolute atomic E-state index is 13.2. The zero-order valence-electron chi connectivity index (χ0n) is 13.2. The number of nitrogens with one attached hydrogen (secondary N) is 3. The van der Waals surface area contributed by atoms with E-state index in [9.17, 15) is 18.8 Å². The molecule has 4 amide bonds. The van der Waals surface area contributed by atoms with Gasteiger partial charge in [0.2, 0.25) is 5.91 Å². The van der Waals surface area contributed by atoms with E-state index in [-0.39, 0.29) is 31.1 Å². The Kier molecular flexibility index (Phi) is 4.73. The molecule has 130 valence electrons. The highest BCUT2D eigenvalue weighted by atomic mass is 19.1. The average molecular weight is 345 g/mol. The van der Waals surface area contributed by atoms with Crippen LogP contribution in [0.15, 0.2) is 36.7 Å². The largest absolute Gasteiger partial charge is 0.352 e. The quantitative estimate of drug-likeness (QED) is 0.667. The third-order valence-corrected chi connectivity index (χ3v) is 3.72. The molecule has 0 spiro atoms. The first kappa shape index (κ1) is 16.6. The van der Waals surface area contributed by atoms with Gasteiger partial charge in [0.15, 0.2) is 0 Å². The van der Waals surface area contributed by atoms with Crippen LogP contribution >= 0.6 is 0 Å². The van der Waals surface area contributed by atoms with E-state index in [1.165, 1.54) is 16.8 Å². The fourth-order valence-corrected chi connectivity index (χ4v) is 2.44. The summed E-state index contributed by atoms with van der Waals surface area (Å²) in [6, 6.07) is 4.80. The van der Waals surface area contributed by atoms with Crippen LogP contribution in [0.3, 0.4) is 0 Å². The predicted molar refractivity (Wildman–Crippen MR) is 85.1 cm³/mol. The average Bonchev–Trinajstić information content (AvgIpc) is 3.17. The molecule has 9 heteroatoms. The number of halogens is 1. The number of urea groups is 1. The highest BCUT2D eigenvalue weighted by molar-refractivity contribution is 6.04. The summed E-state index contributed by atoms with van der Waals surface area (Å²) in [5.74, 6) is -1.02. The van der Waals surface area contributed by atoms with Crippen molar-refractivity contribution in [3.63, 3.8) is 0 Å². The van der Waals surface area contributed by atoms with Gasteiger partial charge < -0.3 is 10.6 Å². The normalized spacial score (nSPS) is 16.4. The van der Waals surface area contributed by atoms with Gasteiger partial charge in [0.05, 0.1) is 11.9 Å². The summed E-state index contributed by atoms with van der Waals surface area (Å²) >= 11 is 0. The van der Waals surface area contributed by atoms with E-state index in [1.807, 2.05) is 0 Å². The number of amides is 4. The summed E-state index contributed by atoms with van der Waals surface area (Å²) in [6.07, 6.45) is 3.61. The van der Waals surface area contributed by atoms with Crippen molar-refractivity contribution in [3.05, 3.63) is 48.0 Å². The summed E-state index contributed by atoms with van der Waals surface area (Å²) in [6.45, 7) is 0.261. The van der Waals surface area contributed by atoms with E-state index >= 15 is 0 Å². The maximum atomic E-state index is 13.2. The van der Waals surface area contributed by atoms with Crippen molar-refractivity contribution in [2.45, 2.75) is 25.4 Å². The Labute approximate surface area is 142 Å². The van der Waals surface area contributed by atoms with Crippen LogP contribution in [-0.4, -0.2) is 33.7 Å². The van der Waals surface area contributed by atoms with Gasteiger partial charge in [0.25, 0.3) is 5.91 Å². The highest BCUT2D eigenvalue weighted by Gasteiger charge is 2.29. The van der Waals surface area contributed by atoms with Gasteiger partial charge in [0.1, 0.15) is 11.9 Å². The van der Waals surface area contributed by atoms with Crippen molar-refractivity contribution in [2.24, 2.45) is 0 Å². The maximum Gasteiger partial charge on any atom is 0.322 e. The summed E-state index contributed by atoms with van der Waals surface area (Å²) < 4.78 is 14.7. The minimum atomic E-state index is -0.672. The number of rotatable bonds is 6. The molecule has 0 unspecified atom stereocenters. The Hall–Kier alpha value is -3.23. The monoisotopic (exact) mass is 345 g/mol. The van der Waals surface area contributed by atoms with Crippen molar-refractivity contribution in [1.29, 1.82) is 0 Å². The number of nitrogens with zero attached hydrogens (tertiary/aromatic N) is 2. The fraction of sp³-hybridized carbons (Fsp3) is 0.250. The second kappa shape index (κ2) is 7.12. The molecule has 1 fully saturated rings. The molecule has 0 saturated carbocycles. The summed E-state index contributed by atoms with van der Waals surface area (Å²) in [5.41, 5.74) is 1.34. The molecule has 1 aromatic carbocycles. The molecule has 3 rings (SSSR count). The molecular formula is C16H16FN5O3. The Morgan fingerprint density at radius 2 is 2.20 bits per heavy atom. The minimum absolute atomic E-state index is 0.108. The number of imide groups is 1. The van der Waals surface area contributed by atoms with Crippen molar-refractivity contribution in [1.82, 2.24) is 25.7 Å². The molecule has 2 aromatic rings. The van der Waals surface area contributed by atoms with Gasteiger partial charge >= 0.3 is 6.03 Å². The smallest absolute Gasteiger partial charge is 0.322 e. The van der Waals surface area contributed by atoms with Gasteiger partial charge in [-0.25, -0.2) is 13.9 Å². The summed E-state index contributed by atoms with van der Waals surface area (Å²) in [7, 11) is 0. The van der Waals surface area contributed by atoms with Crippen molar-refractivity contribution >= 4 is 17.8 Å². The van der Waals surface area contributed by atoms with Crippen LogP contribution < -0.4 is 16.0 Å². The lowest BCUT2D eigenvalue weighted by atomic mass is 10.1. The molecule has 0 aliphatic carbocycles. The third-order valence-electron chi connectivity index (χ3n) is 3.72. The Balaban J connectivity index is 1.48. The van der Waals surface area contributed by atoms with Gasteiger partial charge in [-0.05, 0) is 24.6 Å². The molecule has 1 saturated heterocycles. The van der Waals surface area contributed by atoms with E-state index in [0.29, 0.717) is 5.69 Å². The topological polar surface area (TPSA) is 105 Å². The van der Waals surface area contributed by atoms with Crippen molar-refractivity contribution in [2.75, 3.05) is 0 Å². The Morgan fingerprint density at radius 3 is 2.92 bits per heavy atom. The second-order valence-electron chi connectivity index (χ2n) is 5.60. The Morgan fingerprint density at radius 1 is 1.36 bits per heavy atom. The SMILES string of the molecule is O=C(CC[C@H]1NC(=O)NC1=O)NCc1cnn(-c2cccc(F)c2)c1. The molecule has 1 aliphatic rings. The lowest BCUT2D eigenvalue weighted by molar-refractivity contribution is -0.122. The van der Waals surface area contributed by atoms with Crippen molar-refractivity contribution in [3.8, 4) is 5.69 Å². The zero-order chi connectivity index (χ0) is 17.8. The van der Waals surface area contributed by atoms with E-state index in [1.54, 1.807) is 24.5 Å². The number of carbonyl (C=O) groups is 3. The number of hydrogen-bond acceptors (Lipinski definition) is 4. The standard InChI is InChI=1S/C16H16FN5O3/c17-11-2-1-3-12(6-11)22-9-10(8-19-22)7-18-14(23)5-4-13-15(24)21-16(25)20-13/h1-3,6,8-9,13H,4-5,7H2,(H,18,23)(H2,20,21,24,25)/t13-/m1/s1. The van der Waals surface area contributed by atoms with Gasteiger partial charge in [-0.15, -0.1) is 0 Å². The van der Waals surface area contributed by atoms with Crippen LogP contribution in [-0.2, 0) is 16.1 Å². The van der Waals surface area contributed by atoms with Crippen LogP contribution in [0.25, 0.3) is 5.69 Å². The first-order valence-corrected chi connectivity index (χ1v) is 7.69. The summed E-state index contributed by atoms with van der Waals surface area (Å²) in [5, 5.41) is 11.4. The highest BCUT2D eigenvalue weighted by Crippen LogP contribution is 2.10. The van der Waals surface area contributed by atoms with Crippen LogP contribution in [0.2, 0.25) is 0 Å². The molecule has 0 bridgehead atoms. The fourth-order valence-electron chi connectivity index (χ4n) is 2.44. The van der Waals surface area contributed by atoms with Crippen LogP contribution in [0.1, 0.15) is 18.4 Å². The van der Waals surface area contributed by atoms with Crippen molar-refractivity contribution < 1.29 is 18.8 Å². The third kappa shape index (κ3) is 4.19. The molecule has 3 N–H and O–H groups in total. The molecule has 0 radical (unpaired) electrons.